The summed E-state index contributed by atoms with van der Waals surface area (Å²) in [7, 11) is 0. The van der Waals surface area contributed by atoms with Crippen LogP contribution in [0.4, 0.5) is 10.1 Å². The number of benzene rings is 1. The van der Waals surface area contributed by atoms with Crippen LogP contribution in [-0.4, -0.2) is 23.7 Å². The van der Waals surface area contributed by atoms with E-state index < -0.39 is 11.8 Å². The van der Waals surface area contributed by atoms with Crippen LogP contribution in [0.15, 0.2) is 18.2 Å². The van der Waals surface area contributed by atoms with E-state index in [4.69, 9.17) is 10.4 Å². The molecule has 0 saturated carbocycles. The fourth-order valence-corrected chi connectivity index (χ4v) is 1.89. The summed E-state index contributed by atoms with van der Waals surface area (Å²) in [5, 5.41) is 17.4. The van der Waals surface area contributed by atoms with Gasteiger partial charge >= 0.3 is 5.97 Å². The molecule has 1 atom stereocenters. The van der Waals surface area contributed by atoms with Crippen LogP contribution in [0.5, 0.6) is 0 Å². The molecule has 1 rings (SSSR count). The van der Waals surface area contributed by atoms with Crippen LogP contribution >= 0.6 is 0 Å². The van der Waals surface area contributed by atoms with Crippen molar-refractivity contribution in [1.82, 2.24) is 0 Å². The third-order valence-corrected chi connectivity index (χ3v) is 2.73. The quantitative estimate of drug-likeness (QED) is 0.871. The highest BCUT2D eigenvalue weighted by Crippen LogP contribution is 2.23. The van der Waals surface area contributed by atoms with Crippen molar-refractivity contribution >= 4 is 11.7 Å². The monoisotopic (exact) mass is 250 g/mol. The van der Waals surface area contributed by atoms with E-state index in [0.717, 1.165) is 6.07 Å². The van der Waals surface area contributed by atoms with Crippen LogP contribution in [0.3, 0.4) is 0 Å². The van der Waals surface area contributed by atoms with Crippen molar-refractivity contribution in [1.29, 1.82) is 5.26 Å². The SMILES string of the molecule is CCN(c1ccc(C#N)cc1F)C(C)CC(=O)O. The Morgan fingerprint density at radius 1 is 1.61 bits per heavy atom. The van der Waals surface area contributed by atoms with Gasteiger partial charge in [0, 0.05) is 12.6 Å². The van der Waals surface area contributed by atoms with E-state index in [2.05, 4.69) is 0 Å². The third-order valence-electron chi connectivity index (χ3n) is 2.73. The second-order valence-electron chi connectivity index (χ2n) is 4.01. The molecule has 1 N–H and O–H groups in total. The number of anilines is 1. The second kappa shape index (κ2) is 6.01. The molecule has 0 aliphatic rings. The van der Waals surface area contributed by atoms with Gasteiger partial charge in [0.15, 0.2) is 0 Å². The van der Waals surface area contributed by atoms with E-state index in [-0.39, 0.29) is 18.0 Å². The molecule has 1 aromatic carbocycles. The van der Waals surface area contributed by atoms with Crippen molar-refractivity contribution in [3.63, 3.8) is 0 Å². The number of halogens is 1. The van der Waals surface area contributed by atoms with E-state index in [1.54, 1.807) is 11.8 Å². The molecule has 0 fully saturated rings. The van der Waals surface area contributed by atoms with E-state index in [0.29, 0.717) is 12.2 Å². The van der Waals surface area contributed by atoms with Gasteiger partial charge in [-0.15, -0.1) is 0 Å². The Bertz CT molecular complexity index is 482. The summed E-state index contributed by atoms with van der Waals surface area (Å²) in [5.41, 5.74) is 0.573. The van der Waals surface area contributed by atoms with Gasteiger partial charge in [-0.2, -0.15) is 5.26 Å². The minimum atomic E-state index is -0.921. The van der Waals surface area contributed by atoms with Crippen molar-refractivity contribution in [2.75, 3.05) is 11.4 Å². The maximum atomic E-state index is 13.8. The number of aliphatic carboxylic acids is 1. The fraction of sp³-hybridized carbons (Fsp3) is 0.385. The standard InChI is InChI=1S/C13H15FN2O2/c1-3-16(9(2)6-13(17)18)12-5-4-10(8-15)7-11(12)14/h4-5,7,9H,3,6H2,1-2H3,(H,17,18). The maximum Gasteiger partial charge on any atom is 0.305 e. The van der Waals surface area contributed by atoms with Crippen molar-refractivity contribution in [3.8, 4) is 6.07 Å². The van der Waals surface area contributed by atoms with Gasteiger partial charge in [0.05, 0.1) is 23.7 Å². The number of nitrogens with zero attached hydrogens (tertiary/aromatic N) is 2. The topological polar surface area (TPSA) is 64.3 Å². The molecule has 0 aliphatic carbocycles. The molecular formula is C13H15FN2O2. The highest BCUT2D eigenvalue weighted by Gasteiger charge is 2.18. The van der Waals surface area contributed by atoms with Crippen LogP contribution < -0.4 is 4.90 Å². The Kier molecular flexibility index (Phi) is 4.67. The predicted molar refractivity (Wildman–Crippen MR) is 65.8 cm³/mol. The molecule has 0 aromatic heterocycles. The number of carbonyl (C=O) groups is 1. The first-order chi connectivity index (χ1) is 8.49. The highest BCUT2D eigenvalue weighted by molar-refractivity contribution is 5.68. The van der Waals surface area contributed by atoms with E-state index in [1.165, 1.54) is 12.1 Å². The molecule has 0 radical (unpaired) electrons. The summed E-state index contributed by atoms with van der Waals surface area (Å²) in [6, 6.07) is 5.74. The van der Waals surface area contributed by atoms with Gasteiger partial charge in [-0.05, 0) is 32.0 Å². The summed E-state index contributed by atoms with van der Waals surface area (Å²) < 4.78 is 13.8. The molecule has 0 saturated heterocycles. The first-order valence-electron chi connectivity index (χ1n) is 5.67. The van der Waals surface area contributed by atoms with Crippen LogP contribution in [-0.2, 0) is 4.79 Å². The van der Waals surface area contributed by atoms with Gasteiger partial charge in [-0.1, -0.05) is 0 Å². The van der Waals surface area contributed by atoms with Crippen molar-refractivity contribution in [2.24, 2.45) is 0 Å². The number of hydrogen-bond acceptors (Lipinski definition) is 3. The molecule has 18 heavy (non-hydrogen) atoms. The molecular weight excluding hydrogens is 235 g/mol. The zero-order valence-electron chi connectivity index (χ0n) is 10.4. The first kappa shape index (κ1) is 14.0. The van der Waals surface area contributed by atoms with Gasteiger partial charge in [0.25, 0.3) is 0 Å². The Hall–Kier alpha value is -2.09. The summed E-state index contributed by atoms with van der Waals surface area (Å²) in [6.45, 7) is 4.06. The predicted octanol–water partition coefficient (Wildman–Crippen LogP) is 2.39. The normalized spacial score (nSPS) is 11.7. The van der Waals surface area contributed by atoms with E-state index in [1.807, 2.05) is 13.0 Å². The molecule has 0 aliphatic heterocycles. The highest BCUT2D eigenvalue weighted by atomic mass is 19.1. The number of carboxylic acids is 1. The molecule has 0 bridgehead atoms. The molecule has 0 heterocycles. The first-order valence-corrected chi connectivity index (χ1v) is 5.67. The molecule has 0 spiro atoms. The lowest BCUT2D eigenvalue weighted by atomic mass is 10.1. The van der Waals surface area contributed by atoms with Crippen LogP contribution in [0.25, 0.3) is 0 Å². The third kappa shape index (κ3) is 3.20. The zero-order chi connectivity index (χ0) is 13.7. The maximum absolute atomic E-state index is 13.8. The largest absolute Gasteiger partial charge is 0.481 e. The van der Waals surface area contributed by atoms with Gasteiger partial charge in [-0.25, -0.2) is 4.39 Å². The summed E-state index contributed by atoms with van der Waals surface area (Å²) >= 11 is 0. The Morgan fingerprint density at radius 2 is 2.28 bits per heavy atom. The molecule has 0 amide bonds. The van der Waals surface area contributed by atoms with E-state index in [9.17, 15) is 9.18 Å². The van der Waals surface area contributed by atoms with Crippen LogP contribution in [0, 0.1) is 17.1 Å². The average Bonchev–Trinajstić information content (AvgIpc) is 2.31. The number of hydrogen-bond donors (Lipinski definition) is 1. The Morgan fingerprint density at radius 3 is 2.72 bits per heavy atom. The minimum Gasteiger partial charge on any atom is -0.481 e. The van der Waals surface area contributed by atoms with Gasteiger partial charge < -0.3 is 10.0 Å². The Balaban J connectivity index is 3.02. The lowest BCUT2D eigenvalue weighted by Crippen LogP contribution is -2.35. The van der Waals surface area contributed by atoms with Gasteiger partial charge in [0.1, 0.15) is 5.82 Å². The van der Waals surface area contributed by atoms with E-state index >= 15 is 0 Å². The summed E-state index contributed by atoms with van der Waals surface area (Å²) in [4.78, 5) is 12.4. The Labute approximate surface area is 105 Å². The van der Waals surface area contributed by atoms with Crippen molar-refractivity contribution < 1.29 is 14.3 Å². The van der Waals surface area contributed by atoms with Crippen molar-refractivity contribution in [3.05, 3.63) is 29.6 Å². The van der Waals surface area contributed by atoms with Crippen LogP contribution in [0.1, 0.15) is 25.8 Å². The number of nitriles is 1. The van der Waals surface area contributed by atoms with Crippen LogP contribution in [0.2, 0.25) is 0 Å². The minimum absolute atomic E-state index is 0.0622. The number of carboxylic acid groups (broad SMARTS) is 1. The van der Waals surface area contributed by atoms with Gasteiger partial charge in [-0.3, -0.25) is 4.79 Å². The summed E-state index contributed by atoms with van der Waals surface area (Å²) in [5.74, 6) is -1.43. The molecule has 1 aromatic rings. The zero-order valence-corrected chi connectivity index (χ0v) is 10.4. The smallest absolute Gasteiger partial charge is 0.305 e. The summed E-state index contributed by atoms with van der Waals surface area (Å²) in [6.07, 6.45) is -0.0622. The lowest BCUT2D eigenvalue weighted by Gasteiger charge is -2.29. The fourth-order valence-electron chi connectivity index (χ4n) is 1.89. The lowest BCUT2D eigenvalue weighted by molar-refractivity contribution is -0.137. The van der Waals surface area contributed by atoms with Gasteiger partial charge in [0.2, 0.25) is 0 Å². The molecule has 5 heteroatoms. The molecule has 4 nitrogen and oxygen atoms in total. The van der Waals surface area contributed by atoms with Crippen molar-refractivity contribution in [2.45, 2.75) is 26.3 Å². The average molecular weight is 250 g/mol. The number of rotatable bonds is 5. The molecule has 96 valence electrons. The molecule has 1 unspecified atom stereocenters. The second-order valence-corrected chi connectivity index (χ2v) is 4.01.